The molecule has 0 aliphatic heterocycles. The molecule has 4 heteroatoms. The van der Waals surface area contributed by atoms with Crippen molar-refractivity contribution in [1.29, 1.82) is 0 Å². The van der Waals surface area contributed by atoms with Gasteiger partial charge in [-0.2, -0.15) is 0 Å². The average Bonchev–Trinajstić information content (AvgIpc) is 2.20. The molecule has 0 radical (unpaired) electrons. The molecular formula is C11H15NO3. The standard InChI is InChI=1S/C11H15NO3/c1-8(2)15-10-5-4-9(12-7-10)6-11(13)14-3/h4-5,7-8H,6H2,1-3H3. The van der Waals surface area contributed by atoms with Gasteiger partial charge in [-0.05, 0) is 26.0 Å². The Kier molecular flexibility index (Phi) is 4.09. The van der Waals surface area contributed by atoms with E-state index in [0.717, 1.165) is 0 Å². The first-order valence-electron chi connectivity index (χ1n) is 4.80. The number of rotatable bonds is 4. The van der Waals surface area contributed by atoms with E-state index in [4.69, 9.17) is 4.74 Å². The van der Waals surface area contributed by atoms with E-state index >= 15 is 0 Å². The van der Waals surface area contributed by atoms with Crippen molar-refractivity contribution in [3.8, 4) is 5.75 Å². The fourth-order valence-electron chi connectivity index (χ4n) is 1.08. The summed E-state index contributed by atoms with van der Waals surface area (Å²) in [7, 11) is 1.36. The molecular weight excluding hydrogens is 194 g/mol. The first-order valence-corrected chi connectivity index (χ1v) is 4.80. The molecule has 0 unspecified atom stereocenters. The molecule has 0 amide bonds. The third-order valence-corrected chi connectivity index (χ3v) is 1.72. The van der Waals surface area contributed by atoms with Gasteiger partial charge in [-0.15, -0.1) is 0 Å². The van der Waals surface area contributed by atoms with Crippen LogP contribution in [0.15, 0.2) is 18.3 Å². The Balaban J connectivity index is 2.60. The van der Waals surface area contributed by atoms with Crippen LogP contribution < -0.4 is 4.74 Å². The Morgan fingerprint density at radius 1 is 1.47 bits per heavy atom. The van der Waals surface area contributed by atoms with E-state index in [9.17, 15) is 4.79 Å². The maximum Gasteiger partial charge on any atom is 0.311 e. The lowest BCUT2D eigenvalue weighted by atomic mass is 10.3. The smallest absolute Gasteiger partial charge is 0.311 e. The Hall–Kier alpha value is -1.58. The molecule has 1 aromatic rings. The lowest BCUT2D eigenvalue weighted by molar-refractivity contribution is -0.139. The number of carbonyl (C=O) groups excluding carboxylic acids is 1. The largest absolute Gasteiger partial charge is 0.489 e. The van der Waals surface area contributed by atoms with Crippen LogP contribution in [0.25, 0.3) is 0 Å². The van der Waals surface area contributed by atoms with Gasteiger partial charge in [0.2, 0.25) is 0 Å². The van der Waals surface area contributed by atoms with Crippen LogP contribution in [0.2, 0.25) is 0 Å². The number of nitrogens with zero attached hydrogens (tertiary/aromatic N) is 1. The van der Waals surface area contributed by atoms with Crippen LogP contribution in [0.3, 0.4) is 0 Å². The average molecular weight is 209 g/mol. The minimum absolute atomic E-state index is 0.123. The Labute approximate surface area is 89.2 Å². The highest BCUT2D eigenvalue weighted by Gasteiger charge is 2.04. The van der Waals surface area contributed by atoms with Crippen LogP contribution >= 0.6 is 0 Å². The zero-order chi connectivity index (χ0) is 11.3. The predicted octanol–water partition coefficient (Wildman–Crippen LogP) is 1.58. The van der Waals surface area contributed by atoms with Gasteiger partial charge in [0.05, 0.1) is 31.5 Å². The van der Waals surface area contributed by atoms with Crippen molar-refractivity contribution in [3.63, 3.8) is 0 Å². The lowest BCUT2D eigenvalue weighted by Crippen LogP contribution is -2.08. The third-order valence-electron chi connectivity index (χ3n) is 1.72. The van der Waals surface area contributed by atoms with Gasteiger partial charge in [0.1, 0.15) is 5.75 Å². The number of methoxy groups -OCH3 is 1. The van der Waals surface area contributed by atoms with Crippen molar-refractivity contribution in [1.82, 2.24) is 4.98 Å². The molecule has 82 valence electrons. The van der Waals surface area contributed by atoms with E-state index in [1.54, 1.807) is 18.3 Å². The number of hydrogen-bond donors (Lipinski definition) is 0. The van der Waals surface area contributed by atoms with Gasteiger partial charge >= 0.3 is 5.97 Å². The van der Waals surface area contributed by atoms with Crippen LogP contribution in [-0.4, -0.2) is 24.2 Å². The van der Waals surface area contributed by atoms with Gasteiger partial charge < -0.3 is 9.47 Å². The molecule has 4 nitrogen and oxygen atoms in total. The molecule has 0 fully saturated rings. The summed E-state index contributed by atoms with van der Waals surface area (Å²) in [6, 6.07) is 3.56. The van der Waals surface area contributed by atoms with Crippen molar-refractivity contribution in [2.75, 3.05) is 7.11 Å². The van der Waals surface area contributed by atoms with E-state index in [2.05, 4.69) is 9.72 Å². The number of pyridine rings is 1. The Bertz CT molecular complexity index is 319. The van der Waals surface area contributed by atoms with Crippen LogP contribution in [0.4, 0.5) is 0 Å². The molecule has 0 spiro atoms. The zero-order valence-electron chi connectivity index (χ0n) is 9.19. The molecule has 0 aliphatic rings. The molecule has 15 heavy (non-hydrogen) atoms. The highest BCUT2D eigenvalue weighted by molar-refractivity contribution is 5.71. The number of esters is 1. The SMILES string of the molecule is COC(=O)Cc1ccc(OC(C)C)cn1. The van der Waals surface area contributed by atoms with Crippen LogP contribution in [0, 0.1) is 0 Å². The van der Waals surface area contributed by atoms with E-state index in [1.807, 2.05) is 13.8 Å². The summed E-state index contributed by atoms with van der Waals surface area (Å²) in [5.74, 6) is 0.415. The normalized spacial score (nSPS) is 10.1. The van der Waals surface area contributed by atoms with Crippen molar-refractivity contribution in [2.24, 2.45) is 0 Å². The molecule has 0 saturated heterocycles. The van der Waals surface area contributed by atoms with E-state index in [0.29, 0.717) is 11.4 Å². The highest BCUT2D eigenvalue weighted by atomic mass is 16.5. The van der Waals surface area contributed by atoms with Crippen LogP contribution in [0.1, 0.15) is 19.5 Å². The summed E-state index contributed by atoms with van der Waals surface area (Å²) < 4.78 is 9.96. The maximum absolute atomic E-state index is 11.0. The molecule has 0 aliphatic carbocycles. The molecule has 0 saturated carbocycles. The monoisotopic (exact) mass is 209 g/mol. The Morgan fingerprint density at radius 3 is 2.67 bits per heavy atom. The Morgan fingerprint density at radius 2 is 2.20 bits per heavy atom. The topological polar surface area (TPSA) is 48.4 Å². The van der Waals surface area contributed by atoms with E-state index in [1.165, 1.54) is 7.11 Å². The van der Waals surface area contributed by atoms with Gasteiger partial charge in [0, 0.05) is 0 Å². The summed E-state index contributed by atoms with van der Waals surface area (Å²) in [4.78, 5) is 15.0. The maximum atomic E-state index is 11.0. The summed E-state index contributed by atoms with van der Waals surface area (Å²) >= 11 is 0. The fraction of sp³-hybridized carbons (Fsp3) is 0.455. The van der Waals surface area contributed by atoms with E-state index < -0.39 is 0 Å². The lowest BCUT2D eigenvalue weighted by Gasteiger charge is -2.09. The number of aromatic nitrogens is 1. The first-order chi connectivity index (χ1) is 7.11. The van der Waals surface area contributed by atoms with Crippen molar-refractivity contribution in [3.05, 3.63) is 24.0 Å². The minimum atomic E-state index is -0.292. The second-order valence-corrected chi connectivity index (χ2v) is 3.40. The summed E-state index contributed by atoms with van der Waals surface area (Å²) in [6.45, 7) is 3.89. The van der Waals surface area contributed by atoms with Crippen molar-refractivity contribution >= 4 is 5.97 Å². The van der Waals surface area contributed by atoms with Gasteiger partial charge in [-0.25, -0.2) is 0 Å². The molecule has 0 atom stereocenters. The summed E-state index contributed by atoms with van der Waals surface area (Å²) in [5.41, 5.74) is 0.679. The van der Waals surface area contributed by atoms with Crippen molar-refractivity contribution < 1.29 is 14.3 Å². The van der Waals surface area contributed by atoms with E-state index in [-0.39, 0.29) is 18.5 Å². The molecule has 0 bridgehead atoms. The van der Waals surface area contributed by atoms with Gasteiger partial charge in [0.15, 0.2) is 0 Å². The zero-order valence-corrected chi connectivity index (χ0v) is 9.19. The number of ether oxygens (including phenoxy) is 2. The molecule has 1 rings (SSSR count). The molecule has 1 heterocycles. The van der Waals surface area contributed by atoms with Crippen LogP contribution in [0.5, 0.6) is 5.75 Å². The fourth-order valence-corrected chi connectivity index (χ4v) is 1.08. The first kappa shape index (κ1) is 11.5. The number of hydrogen-bond acceptors (Lipinski definition) is 4. The van der Waals surface area contributed by atoms with Gasteiger partial charge in [-0.1, -0.05) is 0 Å². The summed E-state index contributed by atoms with van der Waals surface area (Å²) in [5, 5.41) is 0. The predicted molar refractivity (Wildman–Crippen MR) is 55.7 cm³/mol. The van der Waals surface area contributed by atoms with Gasteiger partial charge in [0.25, 0.3) is 0 Å². The second-order valence-electron chi connectivity index (χ2n) is 3.40. The quantitative estimate of drug-likeness (QED) is 0.706. The molecule has 1 aromatic heterocycles. The molecule has 0 N–H and O–H groups in total. The van der Waals surface area contributed by atoms with Crippen molar-refractivity contribution in [2.45, 2.75) is 26.4 Å². The number of carbonyl (C=O) groups is 1. The summed E-state index contributed by atoms with van der Waals surface area (Å²) in [6.07, 6.45) is 1.93. The minimum Gasteiger partial charge on any atom is -0.489 e. The van der Waals surface area contributed by atoms with Gasteiger partial charge in [-0.3, -0.25) is 9.78 Å². The highest BCUT2D eigenvalue weighted by Crippen LogP contribution is 2.11. The van der Waals surface area contributed by atoms with Crippen LogP contribution in [-0.2, 0) is 16.0 Å². The third kappa shape index (κ3) is 3.97. The molecule has 0 aromatic carbocycles. The second kappa shape index (κ2) is 5.34.